The third-order valence-corrected chi connectivity index (χ3v) is 4.38. The van der Waals surface area contributed by atoms with Gasteiger partial charge in [-0.05, 0) is 60.2 Å². The fourth-order valence-electron chi connectivity index (χ4n) is 2.70. The number of hydrogen-bond acceptors (Lipinski definition) is 1. The van der Waals surface area contributed by atoms with Crippen LogP contribution in [0.4, 0.5) is 0 Å². The number of fused-ring (bicyclic) bond motifs is 1. The molecule has 2 aromatic rings. The van der Waals surface area contributed by atoms with Crippen LogP contribution in [0.15, 0.2) is 36.4 Å². The van der Waals surface area contributed by atoms with Gasteiger partial charge in [0, 0.05) is 22.0 Å². The van der Waals surface area contributed by atoms with E-state index in [0.29, 0.717) is 10.0 Å². The van der Waals surface area contributed by atoms with Crippen molar-refractivity contribution in [3.63, 3.8) is 0 Å². The monoisotopic (exact) mass is 304 g/mol. The van der Waals surface area contributed by atoms with Gasteiger partial charge in [0.1, 0.15) is 0 Å². The lowest BCUT2D eigenvalue weighted by molar-refractivity contribution is 0.0993. The van der Waals surface area contributed by atoms with E-state index in [1.54, 1.807) is 18.2 Å². The Morgan fingerprint density at radius 3 is 2.65 bits per heavy atom. The first-order valence-corrected chi connectivity index (χ1v) is 7.48. The first-order chi connectivity index (χ1) is 9.63. The maximum atomic E-state index is 12.4. The highest BCUT2D eigenvalue weighted by Crippen LogP contribution is 2.25. The molecule has 0 atom stereocenters. The first-order valence-electron chi connectivity index (χ1n) is 6.72. The molecule has 0 bridgehead atoms. The molecule has 3 rings (SSSR count). The van der Waals surface area contributed by atoms with Crippen molar-refractivity contribution in [3.05, 3.63) is 68.7 Å². The van der Waals surface area contributed by atoms with E-state index in [9.17, 15) is 4.79 Å². The summed E-state index contributed by atoms with van der Waals surface area (Å²) in [5.74, 6) is 0.0869. The maximum Gasteiger partial charge on any atom is 0.167 e. The predicted molar refractivity (Wildman–Crippen MR) is 83.0 cm³/mol. The summed E-state index contributed by atoms with van der Waals surface area (Å²) in [6.45, 7) is 0. The number of Topliss-reactive ketones (excluding diaryl/α,β-unsaturated/α-hetero) is 1. The van der Waals surface area contributed by atoms with Gasteiger partial charge in [-0.3, -0.25) is 4.79 Å². The van der Waals surface area contributed by atoms with Crippen molar-refractivity contribution in [1.82, 2.24) is 0 Å². The Morgan fingerprint density at radius 1 is 1.00 bits per heavy atom. The minimum atomic E-state index is 0.0869. The van der Waals surface area contributed by atoms with Gasteiger partial charge in [-0.2, -0.15) is 0 Å². The van der Waals surface area contributed by atoms with Crippen LogP contribution in [-0.2, 0) is 19.3 Å². The highest BCUT2D eigenvalue weighted by atomic mass is 35.5. The van der Waals surface area contributed by atoms with Crippen molar-refractivity contribution >= 4 is 29.0 Å². The normalized spacial score (nSPS) is 13.3. The van der Waals surface area contributed by atoms with Crippen molar-refractivity contribution in [2.75, 3.05) is 0 Å². The van der Waals surface area contributed by atoms with Crippen molar-refractivity contribution in [2.45, 2.75) is 25.7 Å². The molecule has 0 radical (unpaired) electrons. The molecule has 0 spiro atoms. The van der Waals surface area contributed by atoms with Gasteiger partial charge in [-0.25, -0.2) is 0 Å². The van der Waals surface area contributed by atoms with Gasteiger partial charge in [0.15, 0.2) is 5.78 Å². The van der Waals surface area contributed by atoms with Crippen LogP contribution >= 0.6 is 23.2 Å². The van der Waals surface area contributed by atoms with E-state index in [4.69, 9.17) is 23.2 Å². The number of benzene rings is 2. The molecule has 1 aliphatic rings. The first kappa shape index (κ1) is 13.7. The molecule has 0 amide bonds. The van der Waals surface area contributed by atoms with Crippen LogP contribution in [-0.4, -0.2) is 5.78 Å². The van der Waals surface area contributed by atoms with E-state index in [-0.39, 0.29) is 12.2 Å². The van der Waals surface area contributed by atoms with Gasteiger partial charge in [0.05, 0.1) is 0 Å². The zero-order valence-corrected chi connectivity index (χ0v) is 12.5. The van der Waals surface area contributed by atoms with Gasteiger partial charge in [0.25, 0.3) is 0 Å². The molecule has 0 fully saturated rings. The van der Waals surface area contributed by atoms with Gasteiger partial charge in [0.2, 0.25) is 0 Å². The average Bonchev–Trinajstić information content (AvgIpc) is 2.90. The highest BCUT2D eigenvalue weighted by Gasteiger charge is 2.15. The van der Waals surface area contributed by atoms with Gasteiger partial charge in [-0.1, -0.05) is 35.3 Å². The second kappa shape index (κ2) is 5.59. The Bertz CT molecular complexity index is 677. The van der Waals surface area contributed by atoms with Crippen molar-refractivity contribution in [3.8, 4) is 0 Å². The molecule has 0 saturated carbocycles. The summed E-state index contributed by atoms with van der Waals surface area (Å²) >= 11 is 12.1. The smallest absolute Gasteiger partial charge is 0.167 e. The van der Waals surface area contributed by atoms with Crippen LogP contribution in [0.3, 0.4) is 0 Å². The number of ketones is 1. The number of aryl methyl sites for hydroxylation is 2. The lowest BCUT2D eigenvalue weighted by Gasteiger charge is -2.06. The molecular formula is C17H14Cl2O. The lowest BCUT2D eigenvalue weighted by atomic mass is 9.99. The van der Waals surface area contributed by atoms with Crippen molar-refractivity contribution in [2.24, 2.45) is 0 Å². The van der Waals surface area contributed by atoms with Crippen LogP contribution in [0.25, 0.3) is 0 Å². The van der Waals surface area contributed by atoms with E-state index in [1.807, 2.05) is 12.1 Å². The summed E-state index contributed by atoms with van der Waals surface area (Å²) in [5, 5.41) is 1.19. The number of carbonyl (C=O) groups is 1. The van der Waals surface area contributed by atoms with Crippen LogP contribution in [0.5, 0.6) is 0 Å². The summed E-state index contributed by atoms with van der Waals surface area (Å²) in [5.41, 5.74) is 4.24. The van der Waals surface area contributed by atoms with Crippen molar-refractivity contribution < 1.29 is 4.79 Å². The largest absolute Gasteiger partial charge is 0.294 e. The van der Waals surface area contributed by atoms with Crippen LogP contribution in [0.2, 0.25) is 10.0 Å². The Balaban J connectivity index is 1.84. The van der Waals surface area contributed by atoms with Gasteiger partial charge >= 0.3 is 0 Å². The van der Waals surface area contributed by atoms with E-state index < -0.39 is 0 Å². The minimum absolute atomic E-state index is 0.0869. The standard InChI is InChI=1S/C17H14Cl2O/c18-15-6-7-16(19)14(9-15)10-17(20)13-5-4-11-2-1-3-12(11)8-13/h4-9H,1-3,10H2. The number of carbonyl (C=O) groups excluding carboxylic acids is 1. The van der Waals surface area contributed by atoms with E-state index in [0.717, 1.165) is 24.0 Å². The molecule has 0 heterocycles. The Morgan fingerprint density at radius 2 is 1.80 bits per heavy atom. The molecule has 0 saturated heterocycles. The predicted octanol–water partition coefficient (Wildman–Crippen LogP) is 4.91. The zero-order chi connectivity index (χ0) is 14.1. The van der Waals surface area contributed by atoms with Crippen molar-refractivity contribution in [1.29, 1.82) is 0 Å². The average molecular weight is 305 g/mol. The van der Waals surface area contributed by atoms with Crippen LogP contribution in [0.1, 0.15) is 33.5 Å². The highest BCUT2D eigenvalue weighted by molar-refractivity contribution is 6.33. The molecule has 0 N–H and O–H groups in total. The zero-order valence-electron chi connectivity index (χ0n) is 11.0. The van der Waals surface area contributed by atoms with E-state index in [1.165, 1.54) is 17.5 Å². The molecule has 1 nitrogen and oxygen atoms in total. The summed E-state index contributed by atoms with van der Waals surface area (Å²) in [6, 6.07) is 11.3. The third-order valence-electron chi connectivity index (χ3n) is 3.78. The quantitative estimate of drug-likeness (QED) is 0.737. The van der Waals surface area contributed by atoms with Crippen LogP contribution in [0, 0.1) is 0 Å². The molecule has 1 aliphatic carbocycles. The molecule has 20 heavy (non-hydrogen) atoms. The number of halogens is 2. The Labute approximate surface area is 128 Å². The second-order valence-electron chi connectivity index (χ2n) is 5.17. The van der Waals surface area contributed by atoms with E-state index in [2.05, 4.69) is 6.07 Å². The number of rotatable bonds is 3. The maximum absolute atomic E-state index is 12.4. The SMILES string of the molecule is O=C(Cc1cc(Cl)ccc1Cl)c1ccc2c(c1)CCC2. The number of hydrogen-bond donors (Lipinski definition) is 0. The molecule has 2 aromatic carbocycles. The lowest BCUT2D eigenvalue weighted by Crippen LogP contribution is -2.05. The van der Waals surface area contributed by atoms with Gasteiger partial charge in [-0.15, -0.1) is 0 Å². The fourth-order valence-corrected chi connectivity index (χ4v) is 3.08. The minimum Gasteiger partial charge on any atom is -0.294 e. The Hall–Kier alpha value is -1.31. The molecule has 102 valence electrons. The summed E-state index contributed by atoms with van der Waals surface area (Å²) in [4.78, 5) is 12.4. The molecule has 3 heteroatoms. The second-order valence-corrected chi connectivity index (χ2v) is 6.02. The van der Waals surface area contributed by atoms with Crippen LogP contribution < -0.4 is 0 Å². The third kappa shape index (κ3) is 2.74. The molecular weight excluding hydrogens is 291 g/mol. The summed E-state index contributed by atoms with van der Waals surface area (Å²) < 4.78 is 0. The van der Waals surface area contributed by atoms with Gasteiger partial charge < -0.3 is 0 Å². The summed E-state index contributed by atoms with van der Waals surface area (Å²) in [6.07, 6.45) is 3.68. The summed E-state index contributed by atoms with van der Waals surface area (Å²) in [7, 11) is 0. The fraction of sp³-hybridized carbons (Fsp3) is 0.235. The van der Waals surface area contributed by atoms with E-state index >= 15 is 0 Å². The molecule has 0 aliphatic heterocycles. The Kier molecular flexibility index (Phi) is 3.82. The molecule has 0 unspecified atom stereocenters. The molecule has 0 aromatic heterocycles. The topological polar surface area (TPSA) is 17.1 Å².